The summed E-state index contributed by atoms with van der Waals surface area (Å²) in [5.41, 5.74) is 0. The van der Waals surface area contributed by atoms with Crippen molar-refractivity contribution in [1.82, 2.24) is 0 Å². The van der Waals surface area contributed by atoms with Crippen LogP contribution < -0.4 is 0 Å². The zero-order chi connectivity index (χ0) is 5.56. The third-order valence-corrected chi connectivity index (χ3v) is 2.94. The standard InChI is InChI=1S/C8H14/c1-6-3-2-4-7-5-8(6)7/h6-8H,2-5H2,1H3/t6?,7-,8?/m1/s1. The van der Waals surface area contributed by atoms with E-state index in [1.54, 1.807) is 12.8 Å². The van der Waals surface area contributed by atoms with Gasteiger partial charge in [0.25, 0.3) is 0 Å². The Morgan fingerprint density at radius 2 is 2.12 bits per heavy atom. The summed E-state index contributed by atoms with van der Waals surface area (Å²) >= 11 is 0. The first-order valence-corrected chi connectivity index (χ1v) is 3.88. The van der Waals surface area contributed by atoms with Gasteiger partial charge in [-0.2, -0.15) is 0 Å². The average molecular weight is 110 g/mol. The lowest BCUT2D eigenvalue weighted by Crippen LogP contribution is -2.04. The largest absolute Gasteiger partial charge is 0.0622 e. The Morgan fingerprint density at radius 1 is 1.25 bits per heavy atom. The molecule has 0 aliphatic heterocycles. The maximum absolute atomic E-state index is 2.42. The predicted molar refractivity (Wildman–Crippen MR) is 34.6 cm³/mol. The number of rotatable bonds is 0. The number of fused-ring (bicyclic) bond motifs is 1. The molecule has 0 heterocycles. The summed E-state index contributed by atoms with van der Waals surface area (Å²) < 4.78 is 0. The molecule has 46 valence electrons. The maximum Gasteiger partial charge on any atom is -0.0357 e. The van der Waals surface area contributed by atoms with Gasteiger partial charge in [-0.3, -0.25) is 0 Å². The minimum absolute atomic E-state index is 1.08. The van der Waals surface area contributed by atoms with E-state index in [1.165, 1.54) is 24.7 Å². The Hall–Kier alpha value is 0. The van der Waals surface area contributed by atoms with Crippen molar-refractivity contribution in [2.75, 3.05) is 0 Å². The molecule has 0 spiro atoms. The molecular formula is C8H14. The number of hydrogen-bond acceptors (Lipinski definition) is 0. The van der Waals surface area contributed by atoms with Crippen LogP contribution in [0.2, 0.25) is 0 Å². The molecule has 0 radical (unpaired) electrons. The fourth-order valence-electron chi connectivity index (χ4n) is 2.22. The van der Waals surface area contributed by atoms with Gasteiger partial charge in [0.1, 0.15) is 0 Å². The summed E-state index contributed by atoms with van der Waals surface area (Å²) in [5, 5.41) is 0. The Bertz CT molecular complexity index is 96.2. The molecule has 2 saturated carbocycles. The van der Waals surface area contributed by atoms with E-state index in [0.717, 1.165) is 5.92 Å². The smallest absolute Gasteiger partial charge is 0.0357 e. The van der Waals surface area contributed by atoms with E-state index in [1.807, 2.05) is 0 Å². The van der Waals surface area contributed by atoms with E-state index in [2.05, 4.69) is 6.92 Å². The van der Waals surface area contributed by atoms with E-state index in [9.17, 15) is 0 Å². The first-order chi connectivity index (χ1) is 3.88. The van der Waals surface area contributed by atoms with Crippen molar-refractivity contribution in [2.24, 2.45) is 17.8 Å². The molecule has 2 fully saturated rings. The summed E-state index contributed by atoms with van der Waals surface area (Å²) in [4.78, 5) is 0. The van der Waals surface area contributed by atoms with Gasteiger partial charge in [-0.15, -0.1) is 0 Å². The quantitative estimate of drug-likeness (QED) is 0.449. The van der Waals surface area contributed by atoms with Gasteiger partial charge in [0, 0.05) is 0 Å². The molecule has 0 heteroatoms. The van der Waals surface area contributed by atoms with Gasteiger partial charge in [0.15, 0.2) is 0 Å². The molecule has 8 heavy (non-hydrogen) atoms. The molecule has 2 unspecified atom stereocenters. The van der Waals surface area contributed by atoms with Crippen molar-refractivity contribution in [3.8, 4) is 0 Å². The van der Waals surface area contributed by atoms with Crippen molar-refractivity contribution in [3.05, 3.63) is 0 Å². The molecule has 0 nitrogen and oxygen atoms in total. The van der Waals surface area contributed by atoms with Crippen LogP contribution in [-0.2, 0) is 0 Å². The van der Waals surface area contributed by atoms with E-state index in [-0.39, 0.29) is 0 Å². The van der Waals surface area contributed by atoms with Crippen LogP contribution in [0.1, 0.15) is 32.6 Å². The van der Waals surface area contributed by atoms with Gasteiger partial charge in [-0.25, -0.2) is 0 Å². The van der Waals surface area contributed by atoms with Gasteiger partial charge in [0.05, 0.1) is 0 Å². The Balaban J connectivity index is 1.99. The SMILES string of the molecule is CC1CCC[C@@H]2CC12. The maximum atomic E-state index is 2.42. The minimum atomic E-state index is 1.08. The molecule has 0 amide bonds. The molecule has 0 aromatic carbocycles. The zero-order valence-electron chi connectivity index (χ0n) is 5.56. The highest BCUT2D eigenvalue weighted by atomic mass is 14.5. The summed E-state index contributed by atoms with van der Waals surface area (Å²) in [6, 6.07) is 0. The molecule has 2 aliphatic rings. The van der Waals surface area contributed by atoms with Crippen molar-refractivity contribution in [2.45, 2.75) is 32.6 Å². The van der Waals surface area contributed by atoms with Crippen LogP contribution >= 0.6 is 0 Å². The monoisotopic (exact) mass is 110 g/mol. The highest BCUT2D eigenvalue weighted by molar-refractivity contribution is 4.92. The normalized spacial score (nSPS) is 52.9. The van der Waals surface area contributed by atoms with Gasteiger partial charge in [-0.05, 0) is 24.2 Å². The van der Waals surface area contributed by atoms with E-state index in [4.69, 9.17) is 0 Å². The van der Waals surface area contributed by atoms with E-state index in [0.29, 0.717) is 0 Å². The Kier molecular flexibility index (Phi) is 0.902. The van der Waals surface area contributed by atoms with E-state index < -0.39 is 0 Å². The summed E-state index contributed by atoms with van der Waals surface area (Å²) in [6.45, 7) is 2.42. The predicted octanol–water partition coefficient (Wildman–Crippen LogP) is 2.44. The number of hydrogen-bond donors (Lipinski definition) is 0. The van der Waals surface area contributed by atoms with Crippen molar-refractivity contribution >= 4 is 0 Å². The van der Waals surface area contributed by atoms with Crippen molar-refractivity contribution in [3.63, 3.8) is 0 Å². The van der Waals surface area contributed by atoms with Crippen LogP contribution in [0.4, 0.5) is 0 Å². The lowest BCUT2D eigenvalue weighted by molar-refractivity contribution is 0.362. The fraction of sp³-hybridized carbons (Fsp3) is 1.00. The van der Waals surface area contributed by atoms with Crippen LogP contribution in [0.15, 0.2) is 0 Å². The molecule has 3 atom stereocenters. The van der Waals surface area contributed by atoms with Crippen LogP contribution in [0.3, 0.4) is 0 Å². The van der Waals surface area contributed by atoms with Crippen LogP contribution in [0, 0.1) is 17.8 Å². The van der Waals surface area contributed by atoms with Crippen molar-refractivity contribution < 1.29 is 0 Å². The molecule has 2 aliphatic carbocycles. The van der Waals surface area contributed by atoms with E-state index >= 15 is 0 Å². The van der Waals surface area contributed by atoms with Crippen LogP contribution in [0.25, 0.3) is 0 Å². The second-order valence-corrected chi connectivity index (χ2v) is 3.57. The summed E-state index contributed by atoms with van der Waals surface area (Å²) in [7, 11) is 0. The van der Waals surface area contributed by atoms with Gasteiger partial charge in [0.2, 0.25) is 0 Å². The lowest BCUT2D eigenvalue weighted by atomic mass is 9.91. The van der Waals surface area contributed by atoms with Crippen molar-refractivity contribution in [1.29, 1.82) is 0 Å². The van der Waals surface area contributed by atoms with Gasteiger partial charge in [-0.1, -0.05) is 26.2 Å². The third-order valence-electron chi connectivity index (χ3n) is 2.94. The molecule has 0 aromatic heterocycles. The molecular weight excluding hydrogens is 96.1 g/mol. The molecule has 0 N–H and O–H groups in total. The van der Waals surface area contributed by atoms with Crippen LogP contribution in [-0.4, -0.2) is 0 Å². The average Bonchev–Trinajstić information content (AvgIpc) is 2.45. The fourth-order valence-corrected chi connectivity index (χ4v) is 2.22. The zero-order valence-corrected chi connectivity index (χ0v) is 5.56. The summed E-state index contributed by atoms with van der Waals surface area (Å²) in [5.74, 6) is 3.43. The Morgan fingerprint density at radius 3 is 2.75 bits per heavy atom. The summed E-state index contributed by atoms with van der Waals surface area (Å²) in [6.07, 6.45) is 6.15. The first kappa shape index (κ1) is 4.84. The minimum Gasteiger partial charge on any atom is -0.0622 e. The molecule has 0 aromatic rings. The molecule has 0 saturated heterocycles. The Labute approximate surface area is 51.3 Å². The molecule has 2 rings (SSSR count). The highest BCUT2D eigenvalue weighted by Gasteiger charge is 2.42. The highest BCUT2D eigenvalue weighted by Crippen LogP contribution is 2.52. The lowest BCUT2D eigenvalue weighted by Gasteiger charge is -2.15. The second-order valence-electron chi connectivity index (χ2n) is 3.57. The first-order valence-electron chi connectivity index (χ1n) is 3.88. The van der Waals surface area contributed by atoms with Crippen LogP contribution in [0.5, 0.6) is 0 Å². The van der Waals surface area contributed by atoms with Gasteiger partial charge < -0.3 is 0 Å². The molecule has 0 bridgehead atoms. The second kappa shape index (κ2) is 1.49. The third kappa shape index (κ3) is 0.586. The topological polar surface area (TPSA) is 0 Å². The van der Waals surface area contributed by atoms with Gasteiger partial charge >= 0.3 is 0 Å².